The van der Waals surface area contributed by atoms with E-state index in [0.717, 1.165) is 6.07 Å². The summed E-state index contributed by atoms with van der Waals surface area (Å²) in [6.45, 7) is 0.0550. The van der Waals surface area contributed by atoms with Crippen LogP contribution in [-0.4, -0.2) is 20.5 Å². The van der Waals surface area contributed by atoms with E-state index in [1.54, 1.807) is 17.5 Å². The number of aromatic nitrogens is 3. The fraction of sp³-hybridized carbons (Fsp3) is 0.105. The van der Waals surface area contributed by atoms with E-state index in [1.165, 1.54) is 35.6 Å². The summed E-state index contributed by atoms with van der Waals surface area (Å²) in [6, 6.07) is 9.74. The van der Waals surface area contributed by atoms with Crippen molar-refractivity contribution in [3.05, 3.63) is 75.1 Å². The molecule has 5 nitrogen and oxygen atoms in total. The first-order chi connectivity index (χ1) is 14.2. The molecule has 0 aliphatic rings. The number of alkyl halides is 3. The predicted octanol–water partition coefficient (Wildman–Crippen LogP) is 5.31. The molecule has 154 valence electrons. The van der Waals surface area contributed by atoms with Gasteiger partial charge in [0.1, 0.15) is 5.82 Å². The number of rotatable bonds is 4. The summed E-state index contributed by atoms with van der Waals surface area (Å²) >= 11 is 4.42. The van der Waals surface area contributed by atoms with Gasteiger partial charge in [-0.05, 0) is 51.1 Å². The zero-order valence-corrected chi connectivity index (χ0v) is 17.3. The molecule has 0 aliphatic heterocycles. The van der Waals surface area contributed by atoms with Gasteiger partial charge in [-0.1, -0.05) is 18.2 Å². The van der Waals surface area contributed by atoms with E-state index in [1.807, 2.05) is 0 Å². The van der Waals surface area contributed by atoms with Crippen LogP contribution in [0.4, 0.5) is 17.6 Å². The zero-order chi connectivity index (χ0) is 21.5. The number of fused-ring (bicyclic) bond motifs is 1. The number of halogens is 5. The van der Waals surface area contributed by atoms with Gasteiger partial charge >= 0.3 is 6.18 Å². The highest BCUT2D eigenvalue weighted by Gasteiger charge is 2.36. The molecule has 0 bridgehead atoms. The first-order valence-corrected chi connectivity index (χ1v) is 10.1. The van der Waals surface area contributed by atoms with Crippen LogP contribution in [0.2, 0.25) is 0 Å². The first-order valence-electron chi connectivity index (χ1n) is 8.47. The molecule has 1 amide bonds. The molecule has 0 unspecified atom stereocenters. The van der Waals surface area contributed by atoms with Crippen LogP contribution in [0.25, 0.3) is 16.2 Å². The topological polar surface area (TPSA) is 59.3 Å². The summed E-state index contributed by atoms with van der Waals surface area (Å²) in [4.78, 5) is 17.4. The molecule has 0 fully saturated rings. The molecule has 0 atom stereocenters. The molecule has 0 spiro atoms. The van der Waals surface area contributed by atoms with Crippen molar-refractivity contribution in [1.82, 2.24) is 19.9 Å². The van der Waals surface area contributed by atoms with Gasteiger partial charge in [-0.2, -0.15) is 18.3 Å². The smallest absolute Gasteiger partial charge is 0.347 e. The van der Waals surface area contributed by atoms with E-state index in [0.29, 0.717) is 15.0 Å². The minimum Gasteiger partial charge on any atom is -0.347 e. The Hall–Kier alpha value is -2.79. The number of amides is 1. The Kier molecular flexibility index (Phi) is 5.33. The van der Waals surface area contributed by atoms with Gasteiger partial charge in [0.2, 0.25) is 0 Å². The summed E-state index contributed by atoms with van der Waals surface area (Å²) in [5.74, 6) is -1.11. The summed E-state index contributed by atoms with van der Waals surface area (Å²) < 4.78 is 54.6. The third-order valence-electron chi connectivity index (χ3n) is 4.18. The lowest BCUT2D eigenvalue weighted by molar-refractivity contribution is -0.142. The molecule has 11 heteroatoms. The van der Waals surface area contributed by atoms with Crippen LogP contribution in [0.1, 0.15) is 21.7 Å². The maximum Gasteiger partial charge on any atom is 0.433 e. The normalized spacial score (nSPS) is 11.8. The lowest BCUT2D eigenvalue weighted by Gasteiger charge is -2.10. The van der Waals surface area contributed by atoms with Crippen LogP contribution >= 0.6 is 27.3 Å². The standard InChI is InChI=1S/C19H11BrF4N4OS/c20-15-16(18(29)25-9-10-3-5-11(21)6-4-10)27-28-14(19(22,23)24)8-12(26-17(15)28)13-2-1-7-30-13/h1-8H,9H2,(H,25,29). The van der Waals surface area contributed by atoms with Crippen LogP contribution in [0, 0.1) is 5.82 Å². The number of hydrogen-bond acceptors (Lipinski definition) is 4. The Bertz CT molecular complexity index is 1220. The summed E-state index contributed by atoms with van der Waals surface area (Å²) in [5.41, 5.74) is -0.657. The molecule has 0 saturated heterocycles. The van der Waals surface area contributed by atoms with Gasteiger partial charge in [0.25, 0.3) is 5.91 Å². The van der Waals surface area contributed by atoms with Crippen molar-refractivity contribution in [2.24, 2.45) is 0 Å². The lowest BCUT2D eigenvalue weighted by Crippen LogP contribution is -2.24. The van der Waals surface area contributed by atoms with Crippen molar-refractivity contribution in [3.63, 3.8) is 0 Å². The molecule has 3 heterocycles. The number of nitrogens with one attached hydrogen (secondary N) is 1. The number of carbonyl (C=O) groups excluding carboxylic acids is 1. The number of nitrogens with zero attached hydrogens (tertiary/aromatic N) is 3. The average Bonchev–Trinajstić information content (AvgIpc) is 3.34. The molecule has 1 aromatic carbocycles. The highest BCUT2D eigenvalue weighted by atomic mass is 79.9. The van der Waals surface area contributed by atoms with Crippen molar-refractivity contribution in [3.8, 4) is 10.6 Å². The Balaban J connectivity index is 1.73. The second-order valence-corrected chi connectivity index (χ2v) is 7.95. The summed E-state index contributed by atoms with van der Waals surface area (Å²) in [5, 5.41) is 8.14. The van der Waals surface area contributed by atoms with Gasteiger partial charge in [-0.25, -0.2) is 13.9 Å². The molecule has 0 saturated carbocycles. The number of thiophene rings is 1. The molecular weight excluding hydrogens is 488 g/mol. The number of hydrogen-bond donors (Lipinski definition) is 1. The van der Waals surface area contributed by atoms with Gasteiger partial charge in [0.15, 0.2) is 17.0 Å². The van der Waals surface area contributed by atoms with E-state index in [9.17, 15) is 22.4 Å². The molecular formula is C19H11BrF4N4OS. The molecule has 0 aliphatic carbocycles. The highest BCUT2D eigenvalue weighted by Crippen LogP contribution is 2.35. The van der Waals surface area contributed by atoms with Crippen LogP contribution in [0.5, 0.6) is 0 Å². The predicted molar refractivity (Wildman–Crippen MR) is 107 cm³/mol. The van der Waals surface area contributed by atoms with Gasteiger partial charge in [-0.15, -0.1) is 11.3 Å². The highest BCUT2D eigenvalue weighted by molar-refractivity contribution is 9.10. The Morgan fingerprint density at radius 2 is 1.93 bits per heavy atom. The molecule has 30 heavy (non-hydrogen) atoms. The van der Waals surface area contributed by atoms with Crippen molar-refractivity contribution in [2.75, 3.05) is 0 Å². The third-order valence-corrected chi connectivity index (χ3v) is 5.80. The molecule has 4 rings (SSSR count). The van der Waals surface area contributed by atoms with E-state index in [4.69, 9.17) is 0 Å². The zero-order valence-electron chi connectivity index (χ0n) is 14.9. The van der Waals surface area contributed by atoms with Crippen LogP contribution in [0.3, 0.4) is 0 Å². The minimum atomic E-state index is -4.71. The monoisotopic (exact) mass is 498 g/mol. The average molecular weight is 499 g/mol. The van der Waals surface area contributed by atoms with E-state index < -0.39 is 23.6 Å². The van der Waals surface area contributed by atoms with Gasteiger partial charge in [-0.3, -0.25) is 4.79 Å². The fourth-order valence-corrected chi connectivity index (χ4v) is 3.96. The Morgan fingerprint density at radius 3 is 2.57 bits per heavy atom. The quantitative estimate of drug-likeness (QED) is 0.388. The van der Waals surface area contributed by atoms with Crippen molar-refractivity contribution in [2.45, 2.75) is 12.7 Å². The molecule has 0 radical (unpaired) electrons. The lowest BCUT2D eigenvalue weighted by atomic mass is 10.2. The van der Waals surface area contributed by atoms with Crippen LogP contribution < -0.4 is 5.32 Å². The molecule has 3 aromatic heterocycles. The largest absolute Gasteiger partial charge is 0.433 e. The maximum absolute atomic E-state index is 13.7. The second-order valence-electron chi connectivity index (χ2n) is 6.21. The van der Waals surface area contributed by atoms with Gasteiger partial charge in [0.05, 0.1) is 15.0 Å². The van der Waals surface area contributed by atoms with Crippen LogP contribution in [0.15, 0.2) is 52.3 Å². The van der Waals surface area contributed by atoms with Crippen LogP contribution in [-0.2, 0) is 12.7 Å². The van der Waals surface area contributed by atoms with Crippen molar-refractivity contribution in [1.29, 1.82) is 0 Å². The summed E-state index contributed by atoms with van der Waals surface area (Å²) in [6.07, 6.45) is -4.71. The Morgan fingerprint density at radius 1 is 1.20 bits per heavy atom. The van der Waals surface area contributed by atoms with Gasteiger partial charge in [0, 0.05) is 6.54 Å². The molecule has 4 aromatic rings. The Labute approximate surface area is 179 Å². The van der Waals surface area contributed by atoms with E-state index in [2.05, 4.69) is 31.3 Å². The van der Waals surface area contributed by atoms with Crippen molar-refractivity contribution >= 4 is 38.8 Å². The van der Waals surface area contributed by atoms with Gasteiger partial charge < -0.3 is 5.32 Å². The third kappa shape index (κ3) is 3.94. The number of benzene rings is 1. The van der Waals surface area contributed by atoms with E-state index in [-0.39, 0.29) is 28.1 Å². The molecule has 1 N–H and O–H groups in total. The first kappa shape index (κ1) is 20.5. The maximum atomic E-state index is 13.7. The minimum absolute atomic E-state index is 0.0445. The SMILES string of the molecule is O=C(NCc1ccc(F)cc1)c1nn2c(C(F)(F)F)cc(-c3cccs3)nc2c1Br. The summed E-state index contributed by atoms with van der Waals surface area (Å²) in [7, 11) is 0. The second kappa shape index (κ2) is 7.80. The van der Waals surface area contributed by atoms with E-state index >= 15 is 0 Å². The number of carbonyl (C=O) groups is 1. The fourth-order valence-electron chi connectivity index (χ4n) is 2.76. The van der Waals surface area contributed by atoms with Crippen molar-refractivity contribution < 1.29 is 22.4 Å².